The van der Waals surface area contributed by atoms with Crippen LogP contribution < -0.4 is 5.32 Å². The van der Waals surface area contributed by atoms with Crippen molar-refractivity contribution < 1.29 is 4.79 Å². The molecule has 0 fully saturated rings. The molecule has 5 nitrogen and oxygen atoms in total. The lowest BCUT2D eigenvalue weighted by molar-refractivity contribution is 0.102. The van der Waals surface area contributed by atoms with E-state index in [0.29, 0.717) is 11.2 Å². The van der Waals surface area contributed by atoms with Gasteiger partial charge in [-0.25, -0.2) is 9.50 Å². The molecule has 25 heavy (non-hydrogen) atoms. The van der Waals surface area contributed by atoms with Gasteiger partial charge < -0.3 is 5.32 Å². The Bertz CT molecular complexity index is 929. The predicted octanol–water partition coefficient (Wildman–Crippen LogP) is 3.95. The Hall–Kier alpha value is -2.69. The second-order valence-electron chi connectivity index (χ2n) is 6.71. The van der Waals surface area contributed by atoms with Crippen molar-refractivity contribution in [2.75, 3.05) is 5.32 Å². The first-order chi connectivity index (χ1) is 12.2. The van der Waals surface area contributed by atoms with Gasteiger partial charge in [0, 0.05) is 17.6 Å². The van der Waals surface area contributed by atoms with E-state index in [2.05, 4.69) is 15.4 Å². The van der Waals surface area contributed by atoms with Crippen molar-refractivity contribution in [2.45, 2.75) is 45.4 Å². The van der Waals surface area contributed by atoms with Crippen molar-refractivity contribution in [1.29, 1.82) is 0 Å². The third-order valence-corrected chi connectivity index (χ3v) is 4.96. The SMILES string of the molecule is Cc1ccccc1NC(=O)c1cnn2c3c(cnc12)CCCCCC3. The number of para-hydroxylation sites is 1. The Balaban J connectivity index is 1.70. The van der Waals surface area contributed by atoms with Crippen LogP contribution in [0.5, 0.6) is 0 Å². The largest absolute Gasteiger partial charge is 0.322 e. The zero-order valence-electron chi connectivity index (χ0n) is 14.5. The standard InChI is InChI=1S/C20H22N4O/c1-14-8-6-7-10-17(14)23-20(25)16-13-22-24-18-11-5-3-2-4-9-15(18)12-21-19(16)24/h6-8,10,12-13H,2-5,9,11H2,1H3,(H,23,25). The first-order valence-corrected chi connectivity index (χ1v) is 8.95. The average molecular weight is 334 g/mol. The monoisotopic (exact) mass is 334 g/mol. The van der Waals surface area contributed by atoms with Crippen molar-refractivity contribution in [3.05, 3.63) is 59.0 Å². The van der Waals surface area contributed by atoms with Crippen LogP contribution in [0, 0.1) is 6.92 Å². The van der Waals surface area contributed by atoms with E-state index in [1.54, 1.807) is 6.20 Å². The minimum atomic E-state index is -0.164. The number of nitrogens with zero attached hydrogens (tertiary/aromatic N) is 3. The molecule has 1 aliphatic rings. The highest BCUT2D eigenvalue weighted by atomic mass is 16.1. The molecular weight excluding hydrogens is 312 g/mol. The number of aryl methyl sites for hydroxylation is 3. The number of fused-ring (bicyclic) bond motifs is 3. The summed E-state index contributed by atoms with van der Waals surface area (Å²) in [5.41, 5.74) is 5.49. The molecular formula is C20H22N4O. The highest BCUT2D eigenvalue weighted by Crippen LogP contribution is 2.22. The van der Waals surface area contributed by atoms with Crippen LogP contribution in [0.15, 0.2) is 36.7 Å². The van der Waals surface area contributed by atoms with E-state index in [1.807, 2.05) is 41.9 Å². The third kappa shape index (κ3) is 3.02. The number of carbonyl (C=O) groups excluding carboxylic acids is 1. The van der Waals surface area contributed by atoms with Crippen LogP contribution in [-0.4, -0.2) is 20.5 Å². The zero-order valence-corrected chi connectivity index (χ0v) is 14.5. The molecule has 2 aromatic heterocycles. The fourth-order valence-electron chi connectivity index (χ4n) is 3.51. The molecule has 0 unspecified atom stereocenters. The maximum absolute atomic E-state index is 12.7. The summed E-state index contributed by atoms with van der Waals surface area (Å²) in [7, 11) is 0. The Kier molecular flexibility index (Phi) is 4.22. The maximum Gasteiger partial charge on any atom is 0.261 e. The van der Waals surface area contributed by atoms with Gasteiger partial charge in [-0.05, 0) is 49.8 Å². The first-order valence-electron chi connectivity index (χ1n) is 8.95. The molecule has 0 saturated carbocycles. The summed E-state index contributed by atoms with van der Waals surface area (Å²) < 4.78 is 1.87. The van der Waals surface area contributed by atoms with E-state index in [9.17, 15) is 4.79 Å². The molecule has 5 heteroatoms. The summed E-state index contributed by atoms with van der Waals surface area (Å²) in [6.45, 7) is 1.98. The molecule has 128 valence electrons. The van der Waals surface area contributed by atoms with Crippen LogP contribution in [0.4, 0.5) is 5.69 Å². The zero-order chi connectivity index (χ0) is 17.2. The Morgan fingerprint density at radius 3 is 2.72 bits per heavy atom. The summed E-state index contributed by atoms with van der Waals surface area (Å²) in [6.07, 6.45) is 10.5. The van der Waals surface area contributed by atoms with Crippen molar-refractivity contribution in [2.24, 2.45) is 0 Å². The van der Waals surface area contributed by atoms with Crippen LogP contribution in [0.1, 0.15) is 52.9 Å². The minimum absolute atomic E-state index is 0.164. The lowest BCUT2D eigenvalue weighted by atomic mass is 9.98. The van der Waals surface area contributed by atoms with Crippen molar-refractivity contribution in [3.63, 3.8) is 0 Å². The molecule has 4 rings (SSSR count). The van der Waals surface area contributed by atoms with Crippen LogP contribution in [0.2, 0.25) is 0 Å². The number of hydrogen-bond donors (Lipinski definition) is 1. The molecule has 0 bridgehead atoms. The molecule has 0 atom stereocenters. The number of hydrogen-bond acceptors (Lipinski definition) is 3. The molecule has 2 heterocycles. The number of carbonyl (C=O) groups is 1. The molecule has 0 spiro atoms. The van der Waals surface area contributed by atoms with Gasteiger partial charge in [-0.1, -0.05) is 31.0 Å². The molecule has 0 saturated heterocycles. The van der Waals surface area contributed by atoms with Gasteiger partial charge in [0.15, 0.2) is 5.65 Å². The minimum Gasteiger partial charge on any atom is -0.322 e. The lowest BCUT2D eigenvalue weighted by Gasteiger charge is -2.14. The summed E-state index contributed by atoms with van der Waals surface area (Å²) in [6, 6.07) is 7.76. The van der Waals surface area contributed by atoms with Crippen LogP contribution >= 0.6 is 0 Å². The predicted molar refractivity (Wildman–Crippen MR) is 98.0 cm³/mol. The average Bonchev–Trinajstić information content (AvgIpc) is 3.01. The molecule has 1 aromatic carbocycles. The highest BCUT2D eigenvalue weighted by Gasteiger charge is 2.19. The van der Waals surface area contributed by atoms with Gasteiger partial charge in [-0.2, -0.15) is 5.10 Å². The van der Waals surface area contributed by atoms with Gasteiger partial charge in [0.05, 0.1) is 6.20 Å². The topological polar surface area (TPSA) is 59.3 Å². The molecule has 1 N–H and O–H groups in total. The van der Waals surface area contributed by atoms with E-state index >= 15 is 0 Å². The number of benzene rings is 1. The second kappa shape index (κ2) is 6.67. The van der Waals surface area contributed by atoms with E-state index in [0.717, 1.165) is 30.5 Å². The van der Waals surface area contributed by atoms with Crippen LogP contribution in [0.3, 0.4) is 0 Å². The molecule has 0 aliphatic heterocycles. The summed E-state index contributed by atoms with van der Waals surface area (Å²) in [5, 5.41) is 7.46. The van der Waals surface area contributed by atoms with Gasteiger partial charge in [0.2, 0.25) is 0 Å². The summed E-state index contributed by atoms with van der Waals surface area (Å²) >= 11 is 0. The number of nitrogens with one attached hydrogen (secondary N) is 1. The third-order valence-electron chi connectivity index (χ3n) is 4.96. The number of aromatic nitrogens is 3. The molecule has 1 amide bonds. The van der Waals surface area contributed by atoms with Gasteiger partial charge in [-0.3, -0.25) is 4.79 Å². The lowest BCUT2D eigenvalue weighted by Crippen LogP contribution is -2.14. The van der Waals surface area contributed by atoms with Crippen LogP contribution in [-0.2, 0) is 12.8 Å². The summed E-state index contributed by atoms with van der Waals surface area (Å²) in [4.78, 5) is 17.3. The van der Waals surface area contributed by atoms with Gasteiger partial charge in [-0.15, -0.1) is 0 Å². The fraction of sp³-hybridized carbons (Fsp3) is 0.350. The van der Waals surface area contributed by atoms with Gasteiger partial charge in [0.1, 0.15) is 5.56 Å². The Labute approximate surface area is 147 Å². The number of rotatable bonds is 2. The van der Waals surface area contributed by atoms with E-state index in [-0.39, 0.29) is 5.91 Å². The second-order valence-corrected chi connectivity index (χ2v) is 6.71. The first kappa shape index (κ1) is 15.8. The van der Waals surface area contributed by atoms with Crippen molar-refractivity contribution in [1.82, 2.24) is 14.6 Å². The van der Waals surface area contributed by atoms with Crippen molar-refractivity contribution >= 4 is 17.2 Å². The molecule has 1 aliphatic carbocycles. The quantitative estimate of drug-likeness (QED) is 0.772. The van der Waals surface area contributed by atoms with Gasteiger partial charge >= 0.3 is 0 Å². The maximum atomic E-state index is 12.7. The Morgan fingerprint density at radius 2 is 1.88 bits per heavy atom. The van der Waals surface area contributed by atoms with Gasteiger partial charge in [0.25, 0.3) is 5.91 Å². The highest BCUT2D eigenvalue weighted by molar-refractivity contribution is 6.08. The number of anilines is 1. The van der Waals surface area contributed by atoms with Crippen molar-refractivity contribution in [3.8, 4) is 0 Å². The van der Waals surface area contributed by atoms with E-state index < -0.39 is 0 Å². The summed E-state index contributed by atoms with van der Waals surface area (Å²) in [5.74, 6) is -0.164. The van der Waals surface area contributed by atoms with Crippen LogP contribution in [0.25, 0.3) is 5.65 Å². The normalized spacial score (nSPS) is 14.6. The Morgan fingerprint density at radius 1 is 1.08 bits per heavy atom. The fourth-order valence-corrected chi connectivity index (χ4v) is 3.51. The molecule has 3 aromatic rings. The smallest absolute Gasteiger partial charge is 0.261 e. The van der Waals surface area contributed by atoms with E-state index in [1.165, 1.54) is 30.5 Å². The van der Waals surface area contributed by atoms with E-state index in [4.69, 9.17) is 0 Å². The molecule has 0 radical (unpaired) electrons. The number of amides is 1.